The van der Waals surface area contributed by atoms with Crippen LogP contribution in [0.5, 0.6) is 0 Å². The second-order valence-electron chi connectivity index (χ2n) is 6.35. The van der Waals surface area contributed by atoms with E-state index in [0.29, 0.717) is 11.3 Å². The first-order chi connectivity index (χ1) is 12.2. The van der Waals surface area contributed by atoms with Crippen LogP contribution in [0, 0.1) is 0 Å². The lowest BCUT2D eigenvalue weighted by atomic mass is 9.83. The van der Waals surface area contributed by atoms with Crippen molar-refractivity contribution in [2.75, 3.05) is 5.32 Å². The topological polar surface area (TPSA) is 91.2 Å². The number of amides is 1. The number of alkyl halides is 3. The van der Waals surface area contributed by atoms with Gasteiger partial charge in [-0.1, -0.05) is 18.2 Å². The number of nitrogens with one attached hydrogen (secondary N) is 2. The van der Waals surface area contributed by atoms with Gasteiger partial charge in [-0.15, -0.1) is 0 Å². The second-order valence-corrected chi connectivity index (χ2v) is 6.35. The molecule has 0 aliphatic carbocycles. The van der Waals surface area contributed by atoms with Crippen molar-refractivity contribution in [3.63, 3.8) is 0 Å². The molecule has 1 aliphatic rings. The zero-order chi connectivity index (χ0) is 18.7. The number of para-hydroxylation sites is 1. The highest BCUT2D eigenvalue weighted by Crippen LogP contribution is 2.49. The lowest BCUT2D eigenvalue weighted by molar-refractivity contribution is -0.267. The first-order valence-corrected chi connectivity index (χ1v) is 7.87. The van der Waals surface area contributed by atoms with Gasteiger partial charge in [-0.25, -0.2) is 0 Å². The molecule has 2 unspecified atom stereocenters. The van der Waals surface area contributed by atoms with E-state index in [2.05, 4.69) is 15.5 Å². The Labute approximate surface area is 145 Å². The van der Waals surface area contributed by atoms with E-state index in [0.717, 1.165) is 5.39 Å². The third-order valence-electron chi connectivity index (χ3n) is 4.64. The fourth-order valence-electron chi connectivity index (χ4n) is 3.28. The van der Waals surface area contributed by atoms with Crippen molar-refractivity contribution in [2.24, 2.45) is 0 Å². The summed E-state index contributed by atoms with van der Waals surface area (Å²) in [6.07, 6.45) is -6.16. The van der Waals surface area contributed by atoms with Crippen molar-refractivity contribution in [2.45, 2.75) is 31.0 Å². The van der Waals surface area contributed by atoms with Crippen molar-refractivity contribution in [1.82, 2.24) is 10.2 Å². The van der Waals surface area contributed by atoms with Crippen LogP contribution in [-0.4, -0.2) is 27.4 Å². The minimum atomic E-state index is -5.04. The summed E-state index contributed by atoms with van der Waals surface area (Å²) in [7, 11) is 0. The highest BCUT2D eigenvalue weighted by atomic mass is 19.4. The number of aromatic nitrogens is 2. The molecular formula is C17H14F3N3O3. The molecule has 3 heterocycles. The van der Waals surface area contributed by atoms with Gasteiger partial charge in [0, 0.05) is 5.39 Å². The zero-order valence-corrected chi connectivity index (χ0v) is 13.5. The smallest absolute Gasteiger partial charge is 0.422 e. The number of fused-ring (bicyclic) bond motifs is 2. The van der Waals surface area contributed by atoms with E-state index in [1.165, 1.54) is 0 Å². The maximum absolute atomic E-state index is 13.6. The van der Waals surface area contributed by atoms with E-state index in [9.17, 15) is 23.1 Å². The van der Waals surface area contributed by atoms with Gasteiger partial charge >= 0.3 is 6.18 Å². The molecule has 2 aromatic heterocycles. The molecule has 3 aromatic rings. The maximum atomic E-state index is 13.6. The molecule has 0 radical (unpaired) electrons. The number of nitrogens with zero attached hydrogens (tertiary/aromatic N) is 1. The van der Waals surface area contributed by atoms with E-state index < -0.39 is 35.6 Å². The highest BCUT2D eigenvalue weighted by Gasteiger charge is 2.61. The summed E-state index contributed by atoms with van der Waals surface area (Å²) in [6, 6.07) is 8.89. The quantitative estimate of drug-likeness (QED) is 0.649. The number of anilines is 1. The Kier molecular flexibility index (Phi) is 3.42. The van der Waals surface area contributed by atoms with Crippen molar-refractivity contribution < 1.29 is 27.5 Å². The van der Waals surface area contributed by atoms with Crippen LogP contribution in [0.15, 0.2) is 34.7 Å². The molecular weight excluding hydrogens is 351 g/mol. The van der Waals surface area contributed by atoms with Gasteiger partial charge in [0.2, 0.25) is 5.91 Å². The van der Waals surface area contributed by atoms with E-state index in [1.807, 2.05) is 12.1 Å². The standard InChI is InChI=1S/C17H14F3N3O3/c1-8(11-6-9-4-2-3-5-10(9)26-11)14-13-15(23-22-14)21-12(24)7-16(13,25)17(18,19)20/h2-6,8,25H,7H2,1H3,(H2,21,22,23,24). The molecule has 9 heteroatoms. The minimum absolute atomic E-state index is 0.0288. The Bertz CT molecular complexity index is 975. The van der Waals surface area contributed by atoms with Crippen LogP contribution in [0.4, 0.5) is 19.0 Å². The van der Waals surface area contributed by atoms with Crippen molar-refractivity contribution >= 4 is 22.7 Å². The lowest BCUT2D eigenvalue weighted by Crippen LogP contribution is -2.48. The Morgan fingerprint density at radius 2 is 2.08 bits per heavy atom. The van der Waals surface area contributed by atoms with Crippen molar-refractivity contribution in [3.05, 3.63) is 47.3 Å². The van der Waals surface area contributed by atoms with Gasteiger partial charge in [0.15, 0.2) is 5.60 Å². The molecule has 0 saturated carbocycles. The molecule has 2 atom stereocenters. The van der Waals surface area contributed by atoms with Crippen molar-refractivity contribution in [1.29, 1.82) is 0 Å². The minimum Gasteiger partial charge on any atom is -0.460 e. The van der Waals surface area contributed by atoms with E-state index >= 15 is 0 Å². The van der Waals surface area contributed by atoms with Crippen LogP contribution >= 0.6 is 0 Å². The van der Waals surface area contributed by atoms with Gasteiger partial charge in [-0.2, -0.15) is 18.3 Å². The number of hydrogen-bond donors (Lipinski definition) is 3. The highest BCUT2D eigenvalue weighted by molar-refractivity contribution is 5.94. The third kappa shape index (κ3) is 2.31. The number of benzene rings is 1. The van der Waals surface area contributed by atoms with Crippen LogP contribution in [0.25, 0.3) is 11.0 Å². The lowest BCUT2D eigenvalue weighted by Gasteiger charge is -2.34. The monoisotopic (exact) mass is 365 g/mol. The molecule has 0 fully saturated rings. The molecule has 0 bridgehead atoms. The van der Waals surface area contributed by atoms with Crippen LogP contribution < -0.4 is 5.32 Å². The number of furan rings is 1. The molecule has 6 nitrogen and oxygen atoms in total. The summed E-state index contributed by atoms with van der Waals surface area (Å²) in [6.45, 7) is 1.63. The summed E-state index contributed by atoms with van der Waals surface area (Å²) in [5.41, 5.74) is -3.22. The summed E-state index contributed by atoms with van der Waals surface area (Å²) < 4.78 is 46.4. The number of hydrogen-bond acceptors (Lipinski definition) is 4. The summed E-state index contributed by atoms with van der Waals surface area (Å²) in [5.74, 6) is -1.46. The molecule has 26 heavy (non-hydrogen) atoms. The first-order valence-electron chi connectivity index (χ1n) is 7.87. The van der Waals surface area contributed by atoms with Crippen LogP contribution in [-0.2, 0) is 10.4 Å². The molecule has 136 valence electrons. The van der Waals surface area contributed by atoms with Gasteiger partial charge in [-0.05, 0) is 19.1 Å². The fraction of sp³-hybridized carbons (Fsp3) is 0.294. The molecule has 1 amide bonds. The van der Waals surface area contributed by atoms with E-state index in [-0.39, 0.29) is 11.5 Å². The molecule has 0 saturated heterocycles. The van der Waals surface area contributed by atoms with Crippen LogP contribution in [0.3, 0.4) is 0 Å². The number of aliphatic hydroxyl groups is 1. The van der Waals surface area contributed by atoms with E-state index in [4.69, 9.17) is 4.42 Å². The van der Waals surface area contributed by atoms with Gasteiger partial charge < -0.3 is 14.8 Å². The number of aromatic amines is 1. The SMILES string of the molecule is CC(c1cc2ccccc2o1)c1n[nH]c2c1C(O)(C(F)(F)F)CC(=O)N2. The number of carbonyl (C=O) groups excluding carboxylic acids is 1. The molecule has 0 spiro atoms. The van der Waals surface area contributed by atoms with E-state index in [1.54, 1.807) is 25.1 Å². The fourth-order valence-corrected chi connectivity index (χ4v) is 3.28. The summed E-state index contributed by atoms with van der Waals surface area (Å²) in [4.78, 5) is 11.6. The van der Waals surface area contributed by atoms with Gasteiger partial charge in [0.25, 0.3) is 0 Å². The number of carbonyl (C=O) groups is 1. The Balaban J connectivity index is 1.85. The Morgan fingerprint density at radius 3 is 2.77 bits per heavy atom. The predicted molar refractivity (Wildman–Crippen MR) is 85.5 cm³/mol. The Morgan fingerprint density at radius 1 is 1.35 bits per heavy atom. The van der Waals surface area contributed by atoms with Crippen molar-refractivity contribution in [3.8, 4) is 0 Å². The summed E-state index contributed by atoms with van der Waals surface area (Å²) in [5, 5.41) is 19.8. The van der Waals surface area contributed by atoms with Crippen LogP contribution in [0.2, 0.25) is 0 Å². The molecule has 1 aliphatic heterocycles. The second kappa shape index (κ2) is 5.34. The first kappa shape index (κ1) is 16.6. The van der Waals surface area contributed by atoms with Crippen LogP contribution in [0.1, 0.15) is 36.3 Å². The molecule has 1 aromatic carbocycles. The number of rotatable bonds is 2. The average Bonchev–Trinajstić information content (AvgIpc) is 3.16. The average molecular weight is 365 g/mol. The molecule has 3 N–H and O–H groups in total. The van der Waals surface area contributed by atoms with Gasteiger partial charge in [0.1, 0.15) is 17.2 Å². The normalized spacial score (nSPS) is 21.5. The third-order valence-corrected chi connectivity index (χ3v) is 4.64. The van der Waals surface area contributed by atoms with Gasteiger partial charge in [-0.3, -0.25) is 9.89 Å². The zero-order valence-electron chi connectivity index (χ0n) is 13.5. The largest absolute Gasteiger partial charge is 0.460 e. The Hall–Kier alpha value is -2.81. The number of halogens is 3. The number of H-pyrrole nitrogens is 1. The molecule has 4 rings (SSSR count). The maximum Gasteiger partial charge on any atom is 0.422 e. The summed E-state index contributed by atoms with van der Waals surface area (Å²) >= 11 is 0. The predicted octanol–water partition coefficient (Wildman–Crippen LogP) is 3.40. The van der Waals surface area contributed by atoms with Gasteiger partial charge in [0.05, 0.1) is 23.6 Å².